The van der Waals surface area contributed by atoms with Crippen LogP contribution in [-0.2, 0) is 4.74 Å². The average molecular weight is 368 g/mol. The molecular weight excluding hydrogens is 340 g/mol. The second-order valence-corrected chi connectivity index (χ2v) is 6.28. The first-order valence-corrected chi connectivity index (χ1v) is 9.44. The highest BCUT2D eigenvalue weighted by atomic mass is 16.5. The Morgan fingerprint density at radius 2 is 1.63 bits per heavy atom. The molecule has 0 aliphatic heterocycles. The summed E-state index contributed by atoms with van der Waals surface area (Å²) in [4.78, 5) is 12.2. The largest absolute Gasteiger partial charge is 0.502 e. The van der Waals surface area contributed by atoms with Gasteiger partial charge in [0.05, 0.1) is 25.0 Å². The van der Waals surface area contributed by atoms with Gasteiger partial charge in [-0.2, -0.15) is 0 Å². The van der Waals surface area contributed by atoms with Crippen LogP contribution in [0.4, 0.5) is 0 Å². The molecule has 27 heavy (non-hydrogen) atoms. The van der Waals surface area contributed by atoms with Gasteiger partial charge in [-0.1, -0.05) is 24.3 Å². The minimum Gasteiger partial charge on any atom is -0.502 e. The van der Waals surface area contributed by atoms with E-state index in [1.165, 1.54) is 0 Å². The van der Waals surface area contributed by atoms with Gasteiger partial charge in [-0.3, -0.25) is 0 Å². The molecule has 0 unspecified atom stereocenters. The Bertz CT molecular complexity index is 719. The number of esters is 1. The van der Waals surface area contributed by atoms with Crippen molar-refractivity contribution in [3.05, 3.63) is 72.0 Å². The molecule has 0 amide bonds. The zero-order chi connectivity index (χ0) is 19.3. The van der Waals surface area contributed by atoms with Gasteiger partial charge in [-0.25, -0.2) is 4.79 Å². The SMILES string of the molecule is CC=COCCCCCCOc1ccc(C(=O)Oc2ccccc2C)cc1. The van der Waals surface area contributed by atoms with E-state index in [2.05, 4.69) is 0 Å². The third-order valence-electron chi connectivity index (χ3n) is 4.04. The van der Waals surface area contributed by atoms with Crippen LogP contribution in [0.5, 0.6) is 11.5 Å². The van der Waals surface area contributed by atoms with E-state index in [0.29, 0.717) is 17.9 Å². The second-order valence-electron chi connectivity index (χ2n) is 6.28. The molecule has 0 heterocycles. The van der Waals surface area contributed by atoms with Gasteiger partial charge in [0.1, 0.15) is 11.5 Å². The second kappa shape index (κ2) is 11.8. The summed E-state index contributed by atoms with van der Waals surface area (Å²) in [5, 5.41) is 0. The fourth-order valence-electron chi connectivity index (χ4n) is 2.51. The minimum atomic E-state index is -0.365. The maximum Gasteiger partial charge on any atom is 0.343 e. The number of ether oxygens (including phenoxy) is 3. The van der Waals surface area contributed by atoms with Crippen LogP contribution < -0.4 is 9.47 Å². The number of allylic oxidation sites excluding steroid dienone is 1. The predicted octanol–water partition coefficient (Wildman–Crippen LogP) is 5.70. The highest BCUT2D eigenvalue weighted by molar-refractivity contribution is 5.91. The number of aryl methyl sites for hydroxylation is 1. The molecule has 2 aromatic rings. The van der Waals surface area contributed by atoms with Crippen LogP contribution >= 0.6 is 0 Å². The Labute approximate surface area is 161 Å². The fourth-order valence-corrected chi connectivity index (χ4v) is 2.51. The molecule has 0 saturated heterocycles. The van der Waals surface area contributed by atoms with Crippen molar-refractivity contribution in [2.24, 2.45) is 0 Å². The zero-order valence-corrected chi connectivity index (χ0v) is 16.1. The molecule has 0 fully saturated rings. The fraction of sp³-hybridized carbons (Fsp3) is 0.348. The van der Waals surface area contributed by atoms with Gasteiger partial charge in [0.2, 0.25) is 0 Å². The summed E-state index contributed by atoms with van der Waals surface area (Å²) < 4.78 is 16.4. The van der Waals surface area contributed by atoms with Crippen molar-refractivity contribution in [3.63, 3.8) is 0 Å². The van der Waals surface area contributed by atoms with Gasteiger partial charge in [0.25, 0.3) is 0 Å². The number of hydrogen-bond donors (Lipinski definition) is 0. The van der Waals surface area contributed by atoms with Crippen molar-refractivity contribution in [1.29, 1.82) is 0 Å². The number of carbonyl (C=O) groups excluding carboxylic acids is 1. The van der Waals surface area contributed by atoms with Crippen LogP contribution in [0.1, 0.15) is 48.5 Å². The molecule has 0 N–H and O–H groups in total. The standard InChI is InChI=1S/C23H28O4/c1-3-16-25-17-8-4-5-9-18-26-21-14-12-20(13-15-21)23(24)27-22-11-7-6-10-19(22)2/h3,6-7,10-16H,4-5,8-9,17-18H2,1-2H3. The van der Waals surface area contributed by atoms with E-state index >= 15 is 0 Å². The Kier molecular flexibility index (Phi) is 8.98. The Hall–Kier alpha value is -2.75. The lowest BCUT2D eigenvalue weighted by Crippen LogP contribution is -2.09. The van der Waals surface area contributed by atoms with Crippen molar-refractivity contribution in [2.75, 3.05) is 13.2 Å². The molecular formula is C23H28O4. The lowest BCUT2D eigenvalue weighted by Gasteiger charge is -2.09. The molecule has 2 aromatic carbocycles. The molecule has 144 valence electrons. The summed E-state index contributed by atoms with van der Waals surface area (Å²) in [5.41, 5.74) is 1.44. The van der Waals surface area contributed by atoms with E-state index in [0.717, 1.165) is 43.6 Å². The summed E-state index contributed by atoms with van der Waals surface area (Å²) in [6.07, 6.45) is 7.92. The lowest BCUT2D eigenvalue weighted by molar-refractivity contribution is 0.0733. The van der Waals surface area contributed by atoms with Gasteiger partial charge in [-0.05, 0) is 75.4 Å². The van der Waals surface area contributed by atoms with Crippen LogP contribution in [0.15, 0.2) is 60.9 Å². The highest BCUT2D eigenvalue weighted by Gasteiger charge is 2.10. The summed E-state index contributed by atoms with van der Waals surface area (Å²) in [7, 11) is 0. The monoisotopic (exact) mass is 368 g/mol. The van der Waals surface area contributed by atoms with E-state index in [9.17, 15) is 4.79 Å². The first-order chi connectivity index (χ1) is 13.2. The Balaban J connectivity index is 1.67. The van der Waals surface area contributed by atoms with Crippen LogP contribution in [0.3, 0.4) is 0 Å². The molecule has 0 radical (unpaired) electrons. The van der Waals surface area contributed by atoms with E-state index in [1.807, 2.05) is 38.1 Å². The van der Waals surface area contributed by atoms with E-state index in [4.69, 9.17) is 14.2 Å². The molecule has 0 bridgehead atoms. The van der Waals surface area contributed by atoms with Crippen LogP contribution in [0.25, 0.3) is 0 Å². The zero-order valence-electron chi connectivity index (χ0n) is 16.1. The average Bonchev–Trinajstić information content (AvgIpc) is 2.69. The van der Waals surface area contributed by atoms with Crippen molar-refractivity contribution in [2.45, 2.75) is 39.5 Å². The summed E-state index contributed by atoms with van der Waals surface area (Å²) >= 11 is 0. The van der Waals surface area contributed by atoms with Gasteiger partial charge < -0.3 is 14.2 Å². The maximum atomic E-state index is 12.2. The molecule has 0 aromatic heterocycles. The highest BCUT2D eigenvalue weighted by Crippen LogP contribution is 2.19. The summed E-state index contributed by atoms with van der Waals surface area (Å²) in [6, 6.07) is 14.5. The number of unbranched alkanes of at least 4 members (excludes halogenated alkanes) is 3. The number of para-hydroxylation sites is 1. The van der Waals surface area contributed by atoms with Gasteiger partial charge in [0.15, 0.2) is 0 Å². The quantitative estimate of drug-likeness (QED) is 0.221. The first-order valence-electron chi connectivity index (χ1n) is 9.44. The topological polar surface area (TPSA) is 44.8 Å². The van der Waals surface area contributed by atoms with E-state index in [-0.39, 0.29) is 5.97 Å². The van der Waals surface area contributed by atoms with Crippen molar-refractivity contribution in [1.82, 2.24) is 0 Å². The number of benzene rings is 2. The van der Waals surface area contributed by atoms with Gasteiger partial charge >= 0.3 is 5.97 Å². The number of carbonyl (C=O) groups is 1. The van der Waals surface area contributed by atoms with Crippen molar-refractivity contribution in [3.8, 4) is 11.5 Å². The lowest BCUT2D eigenvalue weighted by atomic mass is 10.2. The Morgan fingerprint density at radius 1 is 0.926 bits per heavy atom. The summed E-state index contributed by atoms with van der Waals surface area (Å²) in [5.74, 6) is 0.980. The minimum absolute atomic E-state index is 0.365. The summed E-state index contributed by atoms with van der Waals surface area (Å²) in [6.45, 7) is 5.29. The molecule has 0 aliphatic rings. The van der Waals surface area contributed by atoms with Gasteiger partial charge in [0, 0.05) is 0 Å². The molecule has 2 rings (SSSR count). The number of rotatable bonds is 11. The first kappa shape index (κ1) is 20.6. The smallest absolute Gasteiger partial charge is 0.343 e. The molecule has 0 aliphatic carbocycles. The van der Waals surface area contributed by atoms with Crippen LogP contribution in [-0.4, -0.2) is 19.2 Å². The van der Waals surface area contributed by atoms with E-state index in [1.54, 1.807) is 36.6 Å². The van der Waals surface area contributed by atoms with Crippen LogP contribution in [0, 0.1) is 6.92 Å². The molecule has 0 atom stereocenters. The van der Waals surface area contributed by atoms with Crippen molar-refractivity contribution < 1.29 is 19.0 Å². The van der Waals surface area contributed by atoms with Crippen LogP contribution in [0.2, 0.25) is 0 Å². The molecule has 0 saturated carbocycles. The molecule has 4 nitrogen and oxygen atoms in total. The molecule has 4 heteroatoms. The normalized spacial score (nSPS) is 10.7. The van der Waals surface area contributed by atoms with E-state index < -0.39 is 0 Å². The van der Waals surface area contributed by atoms with Gasteiger partial charge in [-0.15, -0.1) is 0 Å². The third kappa shape index (κ3) is 7.57. The third-order valence-corrected chi connectivity index (χ3v) is 4.04. The molecule has 0 spiro atoms. The van der Waals surface area contributed by atoms with Crippen molar-refractivity contribution >= 4 is 5.97 Å². The number of hydrogen-bond acceptors (Lipinski definition) is 4. The predicted molar refractivity (Wildman–Crippen MR) is 107 cm³/mol. The Morgan fingerprint density at radius 3 is 2.33 bits per heavy atom. The maximum absolute atomic E-state index is 12.2.